The van der Waals surface area contributed by atoms with Crippen molar-refractivity contribution in [2.24, 2.45) is 23.7 Å². The maximum absolute atomic E-state index is 3.58. The van der Waals surface area contributed by atoms with Crippen molar-refractivity contribution in [3.63, 3.8) is 0 Å². The summed E-state index contributed by atoms with van der Waals surface area (Å²) in [7, 11) is 0. The predicted octanol–water partition coefficient (Wildman–Crippen LogP) is 1.87. The van der Waals surface area contributed by atoms with E-state index >= 15 is 0 Å². The largest absolute Gasteiger partial charge is 0.315 e. The Labute approximate surface area is 94.2 Å². The second kappa shape index (κ2) is 5.31. The number of nitrogens with one attached hydrogen (secondary N) is 2. The molecule has 88 valence electrons. The van der Waals surface area contributed by atoms with Crippen LogP contribution in [0.5, 0.6) is 0 Å². The summed E-state index contributed by atoms with van der Waals surface area (Å²) < 4.78 is 0. The fraction of sp³-hybridized carbons (Fsp3) is 1.00. The Morgan fingerprint density at radius 2 is 1.67 bits per heavy atom. The van der Waals surface area contributed by atoms with E-state index in [1.807, 2.05) is 0 Å². The van der Waals surface area contributed by atoms with Gasteiger partial charge in [0.05, 0.1) is 0 Å². The third-order valence-corrected chi connectivity index (χ3v) is 3.81. The second-order valence-corrected chi connectivity index (χ2v) is 5.90. The molecule has 0 aliphatic heterocycles. The van der Waals surface area contributed by atoms with E-state index in [9.17, 15) is 0 Å². The molecule has 0 heterocycles. The lowest BCUT2D eigenvalue weighted by atomic mass is 10.0. The van der Waals surface area contributed by atoms with Crippen LogP contribution >= 0.6 is 0 Å². The molecule has 0 radical (unpaired) electrons. The molecule has 0 bridgehead atoms. The van der Waals surface area contributed by atoms with Crippen LogP contribution in [0.4, 0.5) is 0 Å². The average molecular weight is 210 g/mol. The fourth-order valence-corrected chi connectivity index (χ4v) is 2.88. The third kappa shape index (κ3) is 3.76. The van der Waals surface area contributed by atoms with Crippen LogP contribution in [-0.4, -0.2) is 26.2 Å². The molecule has 0 aromatic carbocycles. The van der Waals surface area contributed by atoms with Crippen molar-refractivity contribution >= 4 is 0 Å². The first kappa shape index (κ1) is 11.4. The highest BCUT2D eigenvalue weighted by Crippen LogP contribution is 2.54. The van der Waals surface area contributed by atoms with Gasteiger partial charge in [0, 0.05) is 13.1 Å². The van der Waals surface area contributed by atoms with Crippen molar-refractivity contribution in [3.8, 4) is 0 Å². The van der Waals surface area contributed by atoms with E-state index in [0.717, 1.165) is 43.3 Å². The molecule has 2 fully saturated rings. The molecule has 2 heteroatoms. The molecule has 2 nitrogen and oxygen atoms in total. The van der Waals surface area contributed by atoms with Crippen LogP contribution in [0.25, 0.3) is 0 Å². The van der Waals surface area contributed by atoms with Gasteiger partial charge in [0.1, 0.15) is 0 Å². The Morgan fingerprint density at radius 3 is 2.33 bits per heavy atom. The summed E-state index contributed by atoms with van der Waals surface area (Å²) in [5, 5.41) is 7.04. The summed E-state index contributed by atoms with van der Waals surface area (Å²) in [4.78, 5) is 0. The summed E-state index contributed by atoms with van der Waals surface area (Å²) >= 11 is 0. The Kier molecular flexibility index (Phi) is 4.04. The van der Waals surface area contributed by atoms with Gasteiger partial charge >= 0.3 is 0 Å². The summed E-state index contributed by atoms with van der Waals surface area (Å²) in [5.74, 6) is 4.04. The molecular formula is C13H26N2. The van der Waals surface area contributed by atoms with Gasteiger partial charge < -0.3 is 10.6 Å². The normalized spacial score (nSPS) is 33.4. The second-order valence-electron chi connectivity index (χ2n) is 5.90. The zero-order valence-corrected chi connectivity index (χ0v) is 10.3. The van der Waals surface area contributed by atoms with Crippen molar-refractivity contribution in [2.75, 3.05) is 26.2 Å². The molecule has 2 aliphatic rings. The van der Waals surface area contributed by atoms with E-state index in [1.165, 1.54) is 19.4 Å². The minimum absolute atomic E-state index is 0.770. The van der Waals surface area contributed by atoms with Crippen LogP contribution in [0.15, 0.2) is 0 Å². The molecule has 0 amide bonds. The van der Waals surface area contributed by atoms with Crippen LogP contribution in [0.1, 0.15) is 33.1 Å². The average Bonchev–Trinajstić information content (AvgIpc) is 2.80. The Hall–Kier alpha value is -0.0800. The van der Waals surface area contributed by atoms with Crippen molar-refractivity contribution < 1.29 is 0 Å². The monoisotopic (exact) mass is 210 g/mol. The van der Waals surface area contributed by atoms with Gasteiger partial charge in [-0.2, -0.15) is 0 Å². The lowest BCUT2D eigenvalue weighted by molar-refractivity contribution is 0.441. The van der Waals surface area contributed by atoms with Gasteiger partial charge in [-0.1, -0.05) is 13.8 Å². The zero-order chi connectivity index (χ0) is 10.7. The third-order valence-electron chi connectivity index (χ3n) is 3.81. The molecule has 2 aliphatic carbocycles. The minimum atomic E-state index is 0.770. The highest BCUT2D eigenvalue weighted by molar-refractivity contribution is 4.96. The lowest BCUT2D eigenvalue weighted by Crippen LogP contribution is -2.32. The number of fused-ring (bicyclic) bond motifs is 1. The molecule has 2 N–H and O–H groups in total. The number of hydrogen-bond donors (Lipinski definition) is 2. The fourth-order valence-electron chi connectivity index (χ4n) is 2.88. The first-order valence-electron chi connectivity index (χ1n) is 6.67. The smallest absolute Gasteiger partial charge is 0.00768 e. The van der Waals surface area contributed by atoms with Crippen LogP contribution in [0, 0.1) is 23.7 Å². The quantitative estimate of drug-likeness (QED) is 0.627. The van der Waals surface area contributed by atoms with E-state index in [4.69, 9.17) is 0 Å². The van der Waals surface area contributed by atoms with Crippen LogP contribution in [0.3, 0.4) is 0 Å². The van der Waals surface area contributed by atoms with E-state index in [-0.39, 0.29) is 0 Å². The molecule has 2 unspecified atom stereocenters. The molecule has 0 spiro atoms. The first-order valence-corrected chi connectivity index (χ1v) is 6.67. The Bertz CT molecular complexity index is 181. The number of hydrogen-bond acceptors (Lipinski definition) is 2. The van der Waals surface area contributed by atoms with Crippen molar-refractivity contribution in [1.29, 1.82) is 0 Å². The molecule has 0 aromatic rings. The maximum Gasteiger partial charge on any atom is 0.00768 e. The molecule has 2 saturated carbocycles. The molecule has 0 aromatic heterocycles. The number of rotatable bonds is 7. The Morgan fingerprint density at radius 1 is 1.00 bits per heavy atom. The van der Waals surface area contributed by atoms with Gasteiger partial charge in [0.2, 0.25) is 0 Å². The van der Waals surface area contributed by atoms with Crippen molar-refractivity contribution in [3.05, 3.63) is 0 Å². The van der Waals surface area contributed by atoms with Crippen LogP contribution < -0.4 is 10.6 Å². The Balaban J connectivity index is 1.39. The van der Waals surface area contributed by atoms with Gasteiger partial charge in [-0.15, -0.1) is 0 Å². The topological polar surface area (TPSA) is 24.1 Å². The standard InChI is InChI=1S/C13H26N2/c1-10(2)8-14-3-4-15-9-11-5-12-7-13(12)6-11/h10-15H,3-9H2,1-2H3. The highest BCUT2D eigenvalue weighted by atomic mass is 14.9. The molecular weight excluding hydrogens is 184 g/mol. The lowest BCUT2D eigenvalue weighted by Gasteiger charge is -2.13. The molecule has 0 saturated heterocycles. The molecule has 2 rings (SSSR count). The highest BCUT2D eigenvalue weighted by Gasteiger charge is 2.45. The van der Waals surface area contributed by atoms with Gasteiger partial charge in [0.15, 0.2) is 0 Å². The van der Waals surface area contributed by atoms with Gasteiger partial charge in [-0.05, 0) is 56.0 Å². The van der Waals surface area contributed by atoms with Crippen molar-refractivity contribution in [1.82, 2.24) is 10.6 Å². The van der Waals surface area contributed by atoms with Crippen molar-refractivity contribution in [2.45, 2.75) is 33.1 Å². The van der Waals surface area contributed by atoms with Gasteiger partial charge in [-0.25, -0.2) is 0 Å². The summed E-state index contributed by atoms with van der Waals surface area (Å²) in [5.41, 5.74) is 0. The maximum atomic E-state index is 3.58. The predicted molar refractivity (Wildman–Crippen MR) is 64.9 cm³/mol. The van der Waals surface area contributed by atoms with Crippen LogP contribution in [0.2, 0.25) is 0 Å². The van der Waals surface area contributed by atoms with Gasteiger partial charge in [0.25, 0.3) is 0 Å². The van der Waals surface area contributed by atoms with E-state index < -0.39 is 0 Å². The summed E-state index contributed by atoms with van der Waals surface area (Å²) in [6.45, 7) is 9.18. The SMILES string of the molecule is CC(C)CNCCNCC1CC2CC2C1. The first-order chi connectivity index (χ1) is 7.25. The summed E-state index contributed by atoms with van der Waals surface area (Å²) in [6.07, 6.45) is 4.57. The van der Waals surface area contributed by atoms with E-state index in [2.05, 4.69) is 24.5 Å². The molecule has 2 atom stereocenters. The minimum Gasteiger partial charge on any atom is -0.315 e. The zero-order valence-electron chi connectivity index (χ0n) is 10.3. The van der Waals surface area contributed by atoms with Crippen LogP contribution in [-0.2, 0) is 0 Å². The van der Waals surface area contributed by atoms with E-state index in [1.54, 1.807) is 6.42 Å². The molecule has 15 heavy (non-hydrogen) atoms. The van der Waals surface area contributed by atoms with E-state index in [0.29, 0.717) is 0 Å². The summed E-state index contributed by atoms with van der Waals surface area (Å²) in [6, 6.07) is 0. The van der Waals surface area contributed by atoms with Gasteiger partial charge in [-0.3, -0.25) is 0 Å².